The topological polar surface area (TPSA) is 84.4 Å². The van der Waals surface area contributed by atoms with Crippen LogP contribution < -0.4 is 10.2 Å². The number of benzene rings is 2. The van der Waals surface area contributed by atoms with Crippen molar-refractivity contribution in [3.63, 3.8) is 0 Å². The molecule has 34 heavy (non-hydrogen) atoms. The number of hydrogen-bond acceptors (Lipinski definition) is 5. The number of aromatic nitrogens is 1. The molecule has 2 unspecified atom stereocenters. The molecular formula is C25H19FN4O3S. The van der Waals surface area contributed by atoms with Gasteiger partial charge in [0.1, 0.15) is 23.4 Å². The monoisotopic (exact) mass is 474 g/mol. The number of anilines is 1. The summed E-state index contributed by atoms with van der Waals surface area (Å²) in [7, 11) is 0. The Morgan fingerprint density at radius 3 is 2.65 bits per heavy atom. The Morgan fingerprint density at radius 2 is 1.91 bits per heavy atom. The summed E-state index contributed by atoms with van der Waals surface area (Å²) in [6, 6.07) is 19.5. The van der Waals surface area contributed by atoms with Crippen molar-refractivity contribution in [2.75, 3.05) is 4.90 Å². The normalized spacial score (nSPS) is 17.6. The third-order valence-electron chi connectivity index (χ3n) is 5.80. The molecule has 4 aromatic rings. The van der Waals surface area contributed by atoms with Gasteiger partial charge in [-0.25, -0.2) is 4.39 Å². The van der Waals surface area contributed by atoms with Gasteiger partial charge in [-0.1, -0.05) is 18.2 Å². The SMILES string of the molecule is Cc1cc(N2C(=S)NC(c3ccccn3)C2c2ccc(-c3ccccc3[N+](=O)[O-])o2)ccc1F. The summed E-state index contributed by atoms with van der Waals surface area (Å²) >= 11 is 5.67. The van der Waals surface area contributed by atoms with Crippen molar-refractivity contribution in [1.82, 2.24) is 10.3 Å². The molecule has 5 rings (SSSR count). The van der Waals surface area contributed by atoms with E-state index in [0.717, 1.165) is 5.69 Å². The zero-order chi connectivity index (χ0) is 23.8. The summed E-state index contributed by atoms with van der Waals surface area (Å²) in [5.41, 5.74) is 2.27. The van der Waals surface area contributed by atoms with Crippen LogP contribution in [0.15, 0.2) is 83.4 Å². The van der Waals surface area contributed by atoms with Gasteiger partial charge in [0.2, 0.25) is 0 Å². The first-order chi connectivity index (χ1) is 16.4. The molecule has 1 aliphatic heterocycles. The molecule has 3 heterocycles. The first-order valence-corrected chi connectivity index (χ1v) is 10.9. The minimum Gasteiger partial charge on any atom is -0.459 e. The van der Waals surface area contributed by atoms with Crippen LogP contribution in [0.2, 0.25) is 0 Å². The van der Waals surface area contributed by atoms with E-state index in [1.165, 1.54) is 12.1 Å². The number of nitro benzene ring substituents is 1. The van der Waals surface area contributed by atoms with Gasteiger partial charge in [-0.05, 0) is 73.2 Å². The van der Waals surface area contributed by atoms with Crippen molar-refractivity contribution >= 4 is 28.7 Å². The number of aryl methyl sites for hydroxylation is 1. The second-order valence-corrected chi connectivity index (χ2v) is 8.29. The quantitative estimate of drug-likeness (QED) is 0.220. The molecular weight excluding hydrogens is 455 g/mol. The number of nitrogens with zero attached hydrogens (tertiary/aromatic N) is 3. The summed E-state index contributed by atoms with van der Waals surface area (Å²) in [6.45, 7) is 1.69. The summed E-state index contributed by atoms with van der Waals surface area (Å²) < 4.78 is 20.2. The van der Waals surface area contributed by atoms with Gasteiger partial charge in [0.05, 0.1) is 22.2 Å². The van der Waals surface area contributed by atoms with Crippen LogP contribution in [0.1, 0.15) is 29.1 Å². The number of halogens is 1. The van der Waals surface area contributed by atoms with Gasteiger partial charge in [-0.2, -0.15) is 0 Å². The van der Waals surface area contributed by atoms with Crippen molar-refractivity contribution in [3.05, 3.63) is 112 Å². The van der Waals surface area contributed by atoms with Gasteiger partial charge >= 0.3 is 0 Å². The molecule has 0 radical (unpaired) electrons. The van der Waals surface area contributed by atoms with Gasteiger partial charge in [-0.3, -0.25) is 15.1 Å². The molecule has 170 valence electrons. The van der Waals surface area contributed by atoms with Crippen LogP contribution >= 0.6 is 12.2 Å². The summed E-state index contributed by atoms with van der Waals surface area (Å²) in [5, 5.41) is 15.3. The zero-order valence-corrected chi connectivity index (χ0v) is 18.8. The number of rotatable bonds is 5. The maximum absolute atomic E-state index is 14.0. The van der Waals surface area contributed by atoms with Crippen LogP contribution in [-0.2, 0) is 0 Å². The lowest BCUT2D eigenvalue weighted by Gasteiger charge is -2.26. The Labute approximate surface area is 200 Å². The Kier molecular flexibility index (Phi) is 5.54. The molecule has 0 bridgehead atoms. The number of hydrogen-bond donors (Lipinski definition) is 1. The van der Waals surface area contributed by atoms with E-state index in [1.807, 2.05) is 23.1 Å². The molecule has 0 spiro atoms. The number of nitrogens with one attached hydrogen (secondary N) is 1. The highest BCUT2D eigenvalue weighted by Gasteiger charge is 2.42. The highest BCUT2D eigenvalue weighted by Crippen LogP contribution is 2.43. The van der Waals surface area contributed by atoms with Crippen LogP contribution in [0.25, 0.3) is 11.3 Å². The largest absolute Gasteiger partial charge is 0.459 e. The van der Waals surface area contributed by atoms with Crippen molar-refractivity contribution in [3.8, 4) is 11.3 Å². The maximum Gasteiger partial charge on any atom is 0.280 e. The van der Waals surface area contributed by atoms with Crippen LogP contribution in [0.5, 0.6) is 0 Å². The minimum absolute atomic E-state index is 0.0456. The number of para-hydroxylation sites is 1. The van der Waals surface area contributed by atoms with E-state index in [0.29, 0.717) is 33.4 Å². The van der Waals surface area contributed by atoms with Gasteiger partial charge in [0.25, 0.3) is 5.69 Å². The van der Waals surface area contributed by atoms with E-state index >= 15 is 0 Å². The van der Waals surface area contributed by atoms with Crippen LogP contribution in [0.3, 0.4) is 0 Å². The number of nitro groups is 1. The molecule has 1 aliphatic rings. The fourth-order valence-corrected chi connectivity index (χ4v) is 4.54. The lowest BCUT2D eigenvalue weighted by atomic mass is 10.0. The molecule has 2 atom stereocenters. The van der Waals surface area contributed by atoms with Gasteiger partial charge in [0, 0.05) is 18.0 Å². The minimum atomic E-state index is -0.455. The number of furan rings is 1. The molecule has 1 fully saturated rings. The van der Waals surface area contributed by atoms with Crippen LogP contribution in [0, 0.1) is 22.9 Å². The third-order valence-corrected chi connectivity index (χ3v) is 6.12. The van der Waals surface area contributed by atoms with Crippen molar-refractivity contribution < 1.29 is 13.7 Å². The maximum atomic E-state index is 14.0. The molecule has 0 amide bonds. The van der Waals surface area contributed by atoms with Crippen LogP contribution in [0.4, 0.5) is 15.8 Å². The fourth-order valence-electron chi connectivity index (χ4n) is 4.20. The van der Waals surface area contributed by atoms with Gasteiger partial charge < -0.3 is 14.6 Å². The lowest BCUT2D eigenvalue weighted by Crippen LogP contribution is -2.29. The molecule has 0 aliphatic carbocycles. The summed E-state index contributed by atoms with van der Waals surface area (Å²) in [6.07, 6.45) is 1.70. The smallest absolute Gasteiger partial charge is 0.280 e. The molecule has 7 nitrogen and oxygen atoms in total. The standard InChI is InChI=1S/C25H19FN4O3S/c1-15-14-16(9-10-18(15)26)29-24(23(28-25(29)34)19-7-4-5-13-27-19)22-12-11-21(33-22)17-6-2-3-8-20(17)30(31)32/h2-14,23-24H,1H3,(H,28,34). The fraction of sp³-hybridized carbons (Fsp3) is 0.120. The second-order valence-electron chi connectivity index (χ2n) is 7.91. The highest BCUT2D eigenvalue weighted by atomic mass is 32.1. The second kappa shape index (κ2) is 8.68. The molecule has 1 N–H and O–H groups in total. The molecule has 2 aromatic heterocycles. The van der Waals surface area contributed by atoms with E-state index in [1.54, 1.807) is 55.6 Å². The van der Waals surface area contributed by atoms with E-state index in [4.69, 9.17) is 16.6 Å². The van der Waals surface area contributed by atoms with Crippen molar-refractivity contribution in [2.24, 2.45) is 0 Å². The van der Waals surface area contributed by atoms with Gasteiger partial charge in [0.15, 0.2) is 5.11 Å². The first kappa shape index (κ1) is 21.7. The lowest BCUT2D eigenvalue weighted by molar-refractivity contribution is -0.384. The van der Waals surface area contributed by atoms with Crippen LogP contribution in [-0.4, -0.2) is 15.0 Å². The molecule has 1 saturated heterocycles. The Balaban J connectivity index is 1.63. The molecule has 2 aromatic carbocycles. The van der Waals surface area contributed by atoms with E-state index in [2.05, 4.69) is 10.3 Å². The Bertz CT molecular complexity index is 1390. The van der Waals surface area contributed by atoms with E-state index in [-0.39, 0.29) is 17.5 Å². The molecule has 9 heteroatoms. The average Bonchev–Trinajstić information content (AvgIpc) is 3.46. The number of pyridine rings is 1. The van der Waals surface area contributed by atoms with Crippen molar-refractivity contribution in [2.45, 2.75) is 19.0 Å². The first-order valence-electron chi connectivity index (χ1n) is 10.5. The predicted octanol–water partition coefficient (Wildman–Crippen LogP) is 5.87. The number of thiocarbonyl (C=S) groups is 1. The summed E-state index contributed by atoms with van der Waals surface area (Å²) in [5.74, 6) is 0.601. The average molecular weight is 475 g/mol. The van der Waals surface area contributed by atoms with E-state index < -0.39 is 11.0 Å². The highest BCUT2D eigenvalue weighted by molar-refractivity contribution is 7.80. The third kappa shape index (κ3) is 3.80. The van der Waals surface area contributed by atoms with E-state index in [9.17, 15) is 14.5 Å². The Hall–Kier alpha value is -4.11. The Morgan fingerprint density at radius 1 is 1.12 bits per heavy atom. The molecule has 0 saturated carbocycles. The predicted molar refractivity (Wildman–Crippen MR) is 130 cm³/mol. The van der Waals surface area contributed by atoms with Crippen molar-refractivity contribution in [1.29, 1.82) is 0 Å². The zero-order valence-electron chi connectivity index (χ0n) is 18.0. The summed E-state index contributed by atoms with van der Waals surface area (Å²) in [4.78, 5) is 17.4. The van der Waals surface area contributed by atoms with Gasteiger partial charge in [-0.15, -0.1) is 0 Å².